The highest BCUT2D eigenvalue weighted by Gasteiger charge is 2.12. The predicted molar refractivity (Wildman–Crippen MR) is 86.4 cm³/mol. The molecule has 1 aromatic heterocycles. The van der Waals surface area contributed by atoms with Crippen molar-refractivity contribution < 1.29 is 18.7 Å². The first-order valence-corrected chi connectivity index (χ1v) is 7.22. The molecule has 0 atom stereocenters. The number of nitrogens with zero attached hydrogens (tertiary/aromatic N) is 1. The fraction of sp³-hybridized carbons (Fsp3) is 0.222. The molecule has 0 saturated carbocycles. The lowest BCUT2D eigenvalue weighted by atomic mass is 10.1. The van der Waals surface area contributed by atoms with E-state index in [1.807, 2.05) is 31.2 Å². The van der Waals surface area contributed by atoms with E-state index in [0.717, 1.165) is 11.1 Å². The summed E-state index contributed by atoms with van der Waals surface area (Å²) in [6.07, 6.45) is 4.51. The van der Waals surface area contributed by atoms with Gasteiger partial charge in [-0.25, -0.2) is 4.79 Å². The number of amides is 1. The van der Waals surface area contributed by atoms with Crippen molar-refractivity contribution in [1.82, 2.24) is 4.90 Å². The number of aryl methyl sites for hydroxylation is 1. The fourth-order valence-corrected chi connectivity index (χ4v) is 1.86. The monoisotopic (exact) mass is 313 g/mol. The molecule has 120 valence electrons. The molecule has 0 aliphatic rings. The molecule has 1 aromatic carbocycles. The third-order valence-corrected chi connectivity index (χ3v) is 3.23. The van der Waals surface area contributed by atoms with E-state index in [2.05, 4.69) is 0 Å². The second-order valence-corrected chi connectivity index (χ2v) is 5.18. The van der Waals surface area contributed by atoms with E-state index in [1.165, 1.54) is 11.0 Å². The summed E-state index contributed by atoms with van der Waals surface area (Å²) in [6, 6.07) is 11.3. The second kappa shape index (κ2) is 7.98. The van der Waals surface area contributed by atoms with Gasteiger partial charge in [-0.1, -0.05) is 29.8 Å². The van der Waals surface area contributed by atoms with Crippen molar-refractivity contribution in [3.05, 3.63) is 65.6 Å². The van der Waals surface area contributed by atoms with Gasteiger partial charge in [0.15, 0.2) is 6.61 Å². The molecule has 1 amide bonds. The minimum absolute atomic E-state index is 0.293. The Labute approximate surface area is 135 Å². The Morgan fingerprint density at radius 1 is 1.22 bits per heavy atom. The van der Waals surface area contributed by atoms with Crippen molar-refractivity contribution in [1.29, 1.82) is 0 Å². The van der Waals surface area contributed by atoms with Crippen LogP contribution in [0.1, 0.15) is 16.9 Å². The van der Waals surface area contributed by atoms with E-state index in [4.69, 9.17) is 9.15 Å². The number of esters is 1. The van der Waals surface area contributed by atoms with Crippen molar-refractivity contribution in [2.24, 2.45) is 0 Å². The van der Waals surface area contributed by atoms with Gasteiger partial charge in [0.05, 0.1) is 12.8 Å². The van der Waals surface area contributed by atoms with Crippen molar-refractivity contribution in [2.75, 3.05) is 13.7 Å². The molecular weight excluding hydrogens is 294 g/mol. The summed E-state index contributed by atoms with van der Waals surface area (Å²) < 4.78 is 10.1. The standard InChI is InChI=1S/C18H19NO4/c1-14-5-7-15(8-6-14)9-10-18(21)23-13-17(20)19(2)12-16-4-3-11-22-16/h3-11H,12-13H2,1-2H3/b10-9+. The van der Waals surface area contributed by atoms with E-state index >= 15 is 0 Å². The van der Waals surface area contributed by atoms with Gasteiger partial charge in [0.1, 0.15) is 5.76 Å². The van der Waals surface area contributed by atoms with Gasteiger partial charge < -0.3 is 14.1 Å². The number of carbonyl (C=O) groups is 2. The van der Waals surface area contributed by atoms with Gasteiger partial charge in [-0.05, 0) is 30.7 Å². The molecule has 0 bridgehead atoms. The molecule has 5 heteroatoms. The maximum Gasteiger partial charge on any atom is 0.331 e. The summed E-state index contributed by atoms with van der Waals surface area (Å²) in [6.45, 7) is 2.03. The zero-order valence-corrected chi connectivity index (χ0v) is 13.2. The molecule has 23 heavy (non-hydrogen) atoms. The Kier molecular flexibility index (Phi) is 5.74. The Morgan fingerprint density at radius 2 is 1.96 bits per heavy atom. The largest absolute Gasteiger partial charge is 0.467 e. The van der Waals surface area contributed by atoms with Crippen LogP contribution in [-0.4, -0.2) is 30.4 Å². The quantitative estimate of drug-likeness (QED) is 0.608. The Morgan fingerprint density at radius 3 is 2.61 bits per heavy atom. The minimum atomic E-state index is -0.551. The summed E-state index contributed by atoms with van der Waals surface area (Å²) in [5, 5.41) is 0. The van der Waals surface area contributed by atoms with Gasteiger partial charge in [-0.3, -0.25) is 4.79 Å². The van der Waals surface area contributed by atoms with Crippen LogP contribution in [0.2, 0.25) is 0 Å². The molecule has 0 fully saturated rings. The highest BCUT2D eigenvalue weighted by molar-refractivity contribution is 5.89. The highest BCUT2D eigenvalue weighted by atomic mass is 16.5. The first kappa shape index (κ1) is 16.5. The third-order valence-electron chi connectivity index (χ3n) is 3.23. The number of hydrogen-bond acceptors (Lipinski definition) is 4. The van der Waals surface area contributed by atoms with Gasteiger partial charge in [0.25, 0.3) is 5.91 Å². The highest BCUT2D eigenvalue weighted by Crippen LogP contribution is 2.06. The van der Waals surface area contributed by atoms with E-state index in [-0.39, 0.29) is 12.5 Å². The van der Waals surface area contributed by atoms with Crippen LogP contribution >= 0.6 is 0 Å². The van der Waals surface area contributed by atoms with Crippen LogP contribution < -0.4 is 0 Å². The van der Waals surface area contributed by atoms with Crippen LogP contribution in [-0.2, 0) is 20.9 Å². The molecule has 1 heterocycles. The summed E-state index contributed by atoms with van der Waals surface area (Å²) in [5.74, 6) is -0.171. The molecule has 0 aliphatic carbocycles. The van der Waals surface area contributed by atoms with Gasteiger partial charge in [0, 0.05) is 13.1 Å². The number of hydrogen-bond donors (Lipinski definition) is 0. The maximum atomic E-state index is 11.9. The van der Waals surface area contributed by atoms with Crippen LogP contribution in [0.5, 0.6) is 0 Å². The Balaban J connectivity index is 1.77. The molecule has 0 unspecified atom stereocenters. The molecule has 0 saturated heterocycles. The molecular formula is C18H19NO4. The van der Waals surface area contributed by atoms with E-state index in [1.54, 1.807) is 31.5 Å². The lowest BCUT2D eigenvalue weighted by Gasteiger charge is -2.15. The Hall–Kier alpha value is -2.82. The van der Waals surface area contributed by atoms with Crippen LogP contribution in [0.15, 0.2) is 53.2 Å². The van der Waals surface area contributed by atoms with Gasteiger partial charge in [-0.2, -0.15) is 0 Å². The van der Waals surface area contributed by atoms with Crippen LogP contribution in [0.25, 0.3) is 6.08 Å². The number of carbonyl (C=O) groups excluding carboxylic acids is 2. The SMILES string of the molecule is Cc1ccc(/C=C/C(=O)OCC(=O)N(C)Cc2ccco2)cc1. The molecule has 0 spiro atoms. The van der Waals surface area contributed by atoms with Crippen LogP contribution in [0, 0.1) is 6.92 Å². The Bertz CT molecular complexity index is 672. The summed E-state index contributed by atoms with van der Waals surface area (Å²) in [7, 11) is 1.63. The molecule has 5 nitrogen and oxygen atoms in total. The molecule has 2 aromatic rings. The van der Waals surface area contributed by atoms with Gasteiger partial charge >= 0.3 is 5.97 Å². The summed E-state index contributed by atoms with van der Waals surface area (Å²) in [4.78, 5) is 24.9. The average molecular weight is 313 g/mol. The number of likely N-dealkylation sites (N-methyl/N-ethyl adjacent to an activating group) is 1. The number of rotatable bonds is 6. The molecule has 0 aliphatic heterocycles. The van der Waals surface area contributed by atoms with E-state index in [9.17, 15) is 9.59 Å². The average Bonchev–Trinajstić information content (AvgIpc) is 3.05. The summed E-state index contributed by atoms with van der Waals surface area (Å²) in [5.41, 5.74) is 2.05. The van der Waals surface area contributed by atoms with Crippen LogP contribution in [0.4, 0.5) is 0 Å². The topological polar surface area (TPSA) is 59.8 Å². The van der Waals surface area contributed by atoms with Gasteiger partial charge in [-0.15, -0.1) is 0 Å². The normalized spacial score (nSPS) is 10.7. The lowest BCUT2D eigenvalue weighted by molar-refractivity contribution is -0.147. The van der Waals surface area contributed by atoms with Crippen molar-refractivity contribution in [3.8, 4) is 0 Å². The predicted octanol–water partition coefficient (Wildman–Crippen LogP) is 2.80. The molecule has 0 N–H and O–H groups in total. The van der Waals surface area contributed by atoms with Crippen molar-refractivity contribution in [2.45, 2.75) is 13.5 Å². The van der Waals surface area contributed by atoms with E-state index in [0.29, 0.717) is 12.3 Å². The van der Waals surface area contributed by atoms with Crippen molar-refractivity contribution in [3.63, 3.8) is 0 Å². The number of furan rings is 1. The first-order chi connectivity index (χ1) is 11.0. The van der Waals surface area contributed by atoms with Gasteiger partial charge in [0.2, 0.25) is 0 Å². The zero-order chi connectivity index (χ0) is 16.7. The minimum Gasteiger partial charge on any atom is -0.467 e. The lowest BCUT2D eigenvalue weighted by Crippen LogP contribution is -2.30. The summed E-state index contributed by atoms with van der Waals surface area (Å²) >= 11 is 0. The van der Waals surface area contributed by atoms with E-state index < -0.39 is 5.97 Å². The van der Waals surface area contributed by atoms with Crippen molar-refractivity contribution >= 4 is 18.0 Å². The maximum absolute atomic E-state index is 11.9. The van der Waals surface area contributed by atoms with Crippen LogP contribution in [0.3, 0.4) is 0 Å². The third kappa shape index (κ3) is 5.47. The zero-order valence-electron chi connectivity index (χ0n) is 13.2. The smallest absolute Gasteiger partial charge is 0.331 e. The second-order valence-electron chi connectivity index (χ2n) is 5.18. The first-order valence-electron chi connectivity index (χ1n) is 7.22. The number of ether oxygens (including phenoxy) is 1. The molecule has 0 radical (unpaired) electrons. The number of benzene rings is 1. The fourth-order valence-electron chi connectivity index (χ4n) is 1.86. The molecule has 2 rings (SSSR count).